The molecule has 76 valence electrons. The van der Waals surface area contributed by atoms with Crippen LogP contribution in [0.25, 0.3) is 0 Å². The number of aliphatic imine (C=N–C) groups is 1. The van der Waals surface area contributed by atoms with E-state index in [1.54, 1.807) is 0 Å². The van der Waals surface area contributed by atoms with Crippen molar-refractivity contribution in [3.8, 4) is 0 Å². The van der Waals surface area contributed by atoms with E-state index in [1.165, 1.54) is 0 Å². The van der Waals surface area contributed by atoms with E-state index in [4.69, 9.17) is 16.6 Å². The molecule has 0 fully saturated rings. The van der Waals surface area contributed by atoms with Crippen molar-refractivity contribution in [1.82, 2.24) is 5.32 Å². The Balaban J connectivity index is 3.65. The van der Waals surface area contributed by atoms with Gasteiger partial charge in [-0.1, -0.05) is 0 Å². The third kappa shape index (κ3) is 5.92. The third-order valence-electron chi connectivity index (χ3n) is 1.40. The number of carboxylic acids is 1. The van der Waals surface area contributed by atoms with Crippen LogP contribution in [-0.4, -0.2) is 36.2 Å². The molecule has 1 atom stereocenters. The molecule has 0 amide bonds. The summed E-state index contributed by atoms with van der Waals surface area (Å²) < 4.78 is 0. The highest BCUT2D eigenvalue weighted by molar-refractivity contribution is 5.77. The minimum atomic E-state index is -1.02. The number of hydrogen-bond acceptors (Lipinski definition) is 3. The van der Waals surface area contributed by atoms with Crippen LogP contribution in [0.2, 0.25) is 0 Å². The number of hydrogen-bond donors (Lipinski definition) is 4. The second-order valence-electron chi connectivity index (χ2n) is 2.53. The summed E-state index contributed by atoms with van der Waals surface area (Å²) in [7, 11) is 0. The summed E-state index contributed by atoms with van der Waals surface area (Å²) in [4.78, 5) is 14.2. The molecular weight excluding hydrogens is 172 g/mol. The molecule has 0 saturated heterocycles. The molecule has 0 aromatic carbocycles. The Morgan fingerprint density at radius 3 is 2.77 bits per heavy atom. The molecule has 13 heavy (non-hydrogen) atoms. The van der Waals surface area contributed by atoms with Gasteiger partial charge in [0, 0.05) is 13.1 Å². The van der Waals surface area contributed by atoms with Crippen molar-refractivity contribution in [1.29, 1.82) is 0 Å². The van der Waals surface area contributed by atoms with Gasteiger partial charge in [-0.15, -0.1) is 0 Å². The van der Waals surface area contributed by atoms with Crippen LogP contribution in [-0.2, 0) is 4.79 Å². The molecule has 0 aliphatic carbocycles. The predicted molar refractivity (Wildman–Crippen MR) is 50.4 cm³/mol. The monoisotopic (exact) mass is 188 g/mol. The van der Waals surface area contributed by atoms with Gasteiger partial charge in [0.25, 0.3) is 0 Å². The van der Waals surface area contributed by atoms with Gasteiger partial charge in [0.1, 0.15) is 6.04 Å². The zero-order valence-corrected chi connectivity index (χ0v) is 7.66. The van der Waals surface area contributed by atoms with Crippen LogP contribution in [0.3, 0.4) is 0 Å². The van der Waals surface area contributed by atoms with E-state index >= 15 is 0 Å². The highest BCUT2D eigenvalue weighted by Gasteiger charge is 2.09. The van der Waals surface area contributed by atoms with Crippen molar-refractivity contribution in [3.63, 3.8) is 0 Å². The highest BCUT2D eigenvalue weighted by atomic mass is 16.4. The third-order valence-corrected chi connectivity index (χ3v) is 1.40. The van der Waals surface area contributed by atoms with Gasteiger partial charge in [0.15, 0.2) is 5.96 Å². The molecule has 6 N–H and O–H groups in total. The predicted octanol–water partition coefficient (Wildman–Crippen LogP) is -1.29. The Kier molecular flexibility index (Phi) is 5.62. The molecule has 0 aliphatic rings. The summed E-state index contributed by atoms with van der Waals surface area (Å²) >= 11 is 0. The van der Waals surface area contributed by atoms with Crippen molar-refractivity contribution >= 4 is 11.9 Å². The fraction of sp³-hybridized carbons (Fsp3) is 0.714. The SMILES string of the molecule is CCNC(N)=NCC[C@H](N)C(=O)O. The Hall–Kier alpha value is -1.30. The fourth-order valence-electron chi connectivity index (χ4n) is 0.685. The first-order chi connectivity index (χ1) is 6.07. The van der Waals surface area contributed by atoms with Gasteiger partial charge in [0.05, 0.1) is 0 Å². The van der Waals surface area contributed by atoms with E-state index in [0.717, 1.165) is 0 Å². The van der Waals surface area contributed by atoms with Crippen molar-refractivity contribution in [2.75, 3.05) is 13.1 Å². The van der Waals surface area contributed by atoms with Crippen molar-refractivity contribution in [3.05, 3.63) is 0 Å². The number of nitrogens with zero attached hydrogens (tertiary/aromatic N) is 1. The lowest BCUT2D eigenvalue weighted by Crippen LogP contribution is -2.33. The zero-order valence-electron chi connectivity index (χ0n) is 7.66. The summed E-state index contributed by atoms with van der Waals surface area (Å²) in [5.41, 5.74) is 10.6. The van der Waals surface area contributed by atoms with Crippen molar-refractivity contribution < 1.29 is 9.90 Å². The second kappa shape index (κ2) is 6.24. The lowest BCUT2D eigenvalue weighted by atomic mass is 10.2. The molecule has 0 saturated carbocycles. The van der Waals surface area contributed by atoms with E-state index in [1.807, 2.05) is 6.92 Å². The molecular formula is C7H16N4O2. The highest BCUT2D eigenvalue weighted by Crippen LogP contribution is 1.88. The standard InChI is InChI=1S/C7H16N4O2/c1-2-10-7(9)11-4-3-5(8)6(12)13/h5H,2-4,8H2,1H3,(H,12,13)(H3,9,10,11)/t5-/m0/s1. The van der Waals surface area contributed by atoms with E-state index in [-0.39, 0.29) is 0 Å². The first-order valence-corrected chi connectivity index (χ1v) is 4.10. The molecule has 0 rings (SSSR count). The van der Waals surface area contributed by atoms with Crippen LogP contribution in [0.15, 0.2) is 4.99 Å². The van der Waals surface area contributed by atoms with Gasteiger partial charge in [-0.05, 0) is 13.3 Å². The molecule has 0 radical (unpaired) electrons. The fourth-order valence-corrected chi connectivity index (χ4v) is 0.685. The van der Waals surface area contributed by atoms with Crippen LogP contribution >= 0.6 is 0 Å². The molecule has 0 aliphatic heterocycles. The van der Waals surface area contributed by atoms with Gasteiger partial charge in [-0.3, -0.25) is 9.79 Å². The Morgan fingerprint density at radius 2 is 2.31 bits per heavy atom. The molecule has 0 unspecified atom stereocenters. The van der Waals surface area contributed by atoms with Crippen molar-refractivity contribution in [2.24, 2.45) is 16.5 Å². The molecule has 0 heterocycles. The summed E-state index contributed by atoms with van der Waals surface area (Å²) in [5.74, 6) is -0.697. The zero-order chi connectivity index (χ0) is 10.3. The minimum Gasteiger partial charge on any atom is -0.480 e. The smallest absolute Gasteiger partial charge is 0.320 e. The van der Waals surface area contributed by atoms with Crippen LogP contribution in [0.4, 0.5) is 0 Å². The lowest BCUT2D eigenvalue weighted by Gasteiger charge is -2.04. The number of carboxylic acid groups (broad SMARTS) is 1. The van der Waals surface area contributed by atoms with Crippen LogP contribution in [0, 0.1) is 0 Å². The number of aliphatic carboxylic acids is 1. The van der Waals surface area contributed by atoms with Gasteiger partial charge in [-0.25, -0.2) is 0 Å². The molecule has 6 heteroatoms. The average Bonchev–Trinajstić information content (AvgIpc) is 2.04. The topological polar surface area (TPSA) is 114 Å². The Labute approximate surface area is 77.0 Å². The number of nitrogens with two attached hydrogens (primary N) is 2. The molecule has 0 aromatic rings. The maximum Gasteiger partial charge on any atom is 0.320 e. The Morgan fingerprint density at radius 1 is 1.69 bits per heavy atom. The number of guanidine groups is 1. The Bertz CT molecular complexity index is 193. The summed E-state index contributed by atoms with van der Waals surface area (Å²) in [6.07, 6.45) is 0.293. The van der Waals surface area contributed by atoms with Crippen LogP contribution < -0.4 is 16.8 Å². The van der Waals surface area contributed by atoms with Crippen LogP contribution in [0.5, 0.6) is 0 Å². The first-order valence-electron chi connectivity index (χ1n) is 4.10. The number of carbonyl (C=O) groups is 1. The number of rotatable bonds is 5. The molecule has 6 nitrogen and oxygen atoms in total. The summed E-state index contributed by atoms with van der Waals surface area (Å²) in [6.45, 7) is 2.91. The quantitative estimate of drug-likeness (QED) is 0.317. The van der Waals surface area contributed by atoms with E-state index in [9.17, 15) is 4.79 Å². The van der Waals surface area contributed by atoms with Crippen molar-refractivity contribution in [2.45, 2.75) is 19.4 Å². The largest absolute Gasteiger partial charge is 0.480 e. The normalized spacial score (nSPS) is 13.8. The minimum absolute atomic E-state index is 0.293. The van der Waals surface area contributed by atoms with Gasteiger partial charge >= 0.3 is 5.97 Å². The van der Waals surface area contributed by atoms with Crippen LogP contribution in [0.1, 0.15) is 13.3 Å². The summed E-state index contributed by atoms with van der Waals surface area (Å²) in [6, 6.07) is -0.863. The van der Waals surface area contributed by atoms with Gasteiger partial charge in [0.2, 0.25) is 0 Å². The van der Waals surface area contributed by atoms with Gasteiger partial charge in [-0.2, -0.15) is 0 Å². The first kappa shape index (κ1) is 11.7. The second-order valence-corrected chi connectivity index (χ2v) is 2.53. The lowest BCUT2D eigenvalue weighted by molar-refractivity contribution is -0.138. The van der Waals surface area contributed by atoms with Gasteiger partial charge < -0.3 is 21.9 Å². The van der Waals surface area contributed by atoms with E-state index < -0.39 is 12.0 Å². The summed E-state index contributed by atoms with van der Waals surface area (Å²) in [5, 5.41) is 11.2. The number of nitrogens with one attached hydrogen (secondary N) is 1. The molecule has 0 spiro atoms. The van der Waals surface area contributed by atoms with E-state index in [2.05, 4.69) is 10.3 Å². The maximum absolute atomic E-state index is 10.3. The molecule has 0 bridgehead atoms. The molecule has 0 aromatic heterocycles. The van der Waals surface area contributed by atoms with E-state index in [0.29, 0.717) is 25.5 Å². The average molecular weight is 188 g/mol. The maximum atomic E-state index is 10.3.